The molecule has 0 aromatic carbocycles. The molecule has 0 amide bonds. The Balaban J connectivity index is 1.54. The van der Waals surface area contributed by atoms with Crippen molar-refractivity contribution >= 4 is 22.5 Å². The first-order valence-electron chi connectivity index (χ1n) is 11.6. The number of nitrogens with one attached hydrogen (secondary N) is 1. The summed E-state index contributed by atoms with van der Waals surface area (Å²) in [5.41, 5.74) is 8.85. The largest absolute Gasteiger partial charge is 0.354 e. The maximum Gasteiger partial charge on any atom is 0.227 e. The van der Waals surface area contributed by atoms with Gasteiger partial charge in [0.1, 0.15) is 12.1 Å². The lowest BCUT2D eigenvalue weighted by Crippen LogP contribution is -2.47. The molecule has 170 valence electrons. The number of hydrogen-bond donors (Lipinski definition) is 1. The first-order chi connectivity index (χ1) is 16.0. The van der Waals surface area contributed by atoms with E-state index >= 15 is 0 Å². The SMILES string of the molecule is [C-]#[N+]CCN1CCN(c2ccc3[nH]c(-c4cn5ncnc5c(C)c4C)c(C(C)C)c3n2)CC1. The van der Waals surface area contributed by atoms with E-state index in [9.17, 15) is 0 Å². The highest BCUT2D eigenvalue weighted by atomic mass is 15.3. The number of nitrogens with zero attached hydrogens (tertiary/aromatic N) is 7. The van der Waals surface area contributed by atoms with Crippen LogP contribution in [0.5, 0.6) is 0 Å². The predicted octanol–water partition coefficient (Wildman–Crippen LogP) is 4.05. The fourth-order valence-corrected chi connectivity index (χ4v) is 4.87. The Labute approximate surface area is 194 Å². The van der Waals surface area contributed by atoms with Crippen molar-refractivity contribution in [2.24, 2.45) is 0 Å². The van der Waals surface area contributed by atoms with Crippen molar-refractivity contribution in [1.29, 1.82) is 0 Å². The van der Waals surface area contributed by atoms with Crippen LogP contribution in [0.25, 0.3) is 32.8 Å². The van der Waals surface area contributed by atoms with Crippen molar-refractivity contribution in [2.45, 2.75) is 33.6 Å². The second-order valence-corrected chi connectivity index (χ2v) is 9.17. The molecule has 5 rings (SSSR count). The smallest absolute Gasteiger partial charge is 0.227 e. The molecule has 1 fully saturated rings. The van der Waals surface area contributed by atoms with Crippen LogP contribution in [0.4, 0.5) is 5.82 Å². The first-order valence-corrected chi connectivity index (χ1v) is 11.6. The van der Waals surface area contributed by atoms with E-state index in [2.05, 4.69) is 75.7 Å². The molecule has 0 radical (unpaired) electrons. The summed E-state index contributed by atoms with van der Waals surface area (Å²) in [5, 5.41) is 4.38. The van der Waals surface area contributed by atoms with Crippen LogP contribution in [0.15, 0.2) is 24.7 Å². The third-order valence-electron chi connectivity index (χ3n) is 6.86. The highest BCUT2D eigenvalue weighted by molar-refractivity contribution is 5.90. The maximum absolute atomic E-state index is 7.01. The van der Waals surface area contributed by atoms with Gasteiger partial charge in [-0.1, -0.05) is 13.8 Å². The molecular formula is C25H30N8. The van der Waals surface area contributed by atoms with Crippen molar-refractivity contribution in [3.8, 4) is 11.3 Å². The average Bonchev–Trinajstić information content (AvgIpc) is 3.44. The van der Waals surface area contributed by atoms with Gasteiger partial charge in [-0.15, -0.1) is 0 Å². The molecule has 33 heavy (non-hydrogen) atoms. The van der Waals surface area contributed by atoms with Crippen molar-refractivity contribution < 1.29 is 0 Å². The van der Waals surface area contributed by atoms with Crippen LogP contribution in [-0.2, 0) is 0 Å². The fraction of sp³-hybridized carbons (Fsp3) is 0.440. The number of pyridine rings is 2. The van der Waals surface area contributed by atoms with Gasteiger partial charge in [0.25, 0.3) is 0 Å². The van der Waals surface area contributed by atoms with E-state index in [1.807, 2.05) is 4.52 Å². The minimum atomic E-state index is 0.313. The van der Waals surface area contributed by atoms with E-state index in [0.29, 0.717) is 12.5 Å². The van der Waals surface area contributed by atoms with Gasteiger partial charge in [0.2, 0.25) is 6.54 Å². The standard InChI is InChI=1S/C25H30N8/c1-16(2)22-23(19-14-33-25(27-15-28-33)18(4)17(19)3)29-20-6-7-21(30-24(20)22)32-12-10-31(11-13-32)9-8-26-5/h6-7,14-16,29H,8-13H2,1-4H3. The minimum absolute atomic E-state index is 0.313. The van der Waals surface area contributed by atoms with Crippen LogP contribution < -0.4 is 4.90 Å². The number of H-pyrrole nitrogens is 1. The van der Waals surface area contributed by atoms with Gasteiger partial charge in [0, 0.05) is 43.5 Å². The molecule has 0 atom stereocenters. The molecule has 1 N–H and O–H groups in total. The van der Waals surface area contributed by atoms with Gasteiger partial charge < -0.3 is 14.7 Å². The van der Waals surface area contributed by atoms with E-state index in [0.717, 1.165) is 72.0 Å². The zero-order chi connectivity index (χ0) is 23.1. The molecule has 0 aliphatic carbocycles. The molecular weight excluding hydrogens is 412 g/mol. The number of aromatic amines is 1. The Morgan fingerprint density at radius 1 is 1.12 bits per heavy atom. The number of anilines is 1. The Hall–Kier alpha value is -3.44. The van der Waals surface area contributed by atoms with Gasteiger partial charge in [0.15, 0.2) is 5.65 Å². The summed E-state index contributed by atoms with van der Waals surface area (Å²) in [6.45, 7) is 21.0. The quantitative estimate of drug-likeness (QED) is 0.472. The molecule has 0 unspecified atom stereocenters. The molecule has 8 nitrogen and oxygen atoms in total. The molecule has 4 aromatic rings. The molecule has 4 aromatic heterocycles. The van der Waals surface area contributed by atoms with Gasteiger partial charge in [-0.05, 0) is 43.0 Å². The number of aromatic nitrogens is 5. The number of rotatable bonds is 5. The van der Waals surface area contributed by atoms with Crippen LogP contribution >= 0.6 is 0 Å². The summed E-state index contributed by atoms with van der Waals surface area (Å²) in [6, 6.07) is 4.29. The van der Waals surface area contributed by atoms with Crippen molar-refractivity contribution in [1.82, 2.24) is 29.5 Å². The van der Waals surface area contributed by atoms with Gasteiger partial charge >= 0.3 is 0 Å². The molecule has 1 aliphatic rings. The first kappa shape index (κ1) is 21.4. The number of aryl methyl sites for hydroxylation is 1. The van der Waals surface area contributed by atoms with Crippen LogP contribution in [-0.4, -0.2) is 68.7 Å². The van der Waals surface area contributed by atoms with E-state index in [4.69, 9.17) is 11.6 Å². The Kier molecular flexibility index (Phi) is 5.51. The lowest BCUT2D eigenvalue weighted by Gasteiger charge is -2.34. The topological polar surface area (TPSA) is 69.7 Å². The molecule has 0 spiro atoms. The van der Waals surface area contributed by atoms with Gasteiger partial charge in [-0.3, -0.25) is 4.90 Å². The third kappa shape index (κ3) is 3.72. The highest BCUT2D eigenvalue weighted by Gasteiger charge is 2.23. The maximum atomic E-state index is 7.01. The highest BCUT2D eigenvalue weighted by Crippen LogP contribution is 2.37. The molecule has 0 bridgehead atoms. The van der Waals surface area contributed by atoms with E-state index in [1.54, 1.807) is 6.33 Å². The lowest BCUT2D eigenvalue weighted by molar-refractivity contribution is 0.268. The van der Waals surface area contributed by atoms with Crippen molar-refractivity contribution in [3.63, 3.8) is 0 Å². The molecule has 0 saturated carbocycles. The number of piperazine rings is 1. The normalized spacial score (nSPS) is 15.1. The van der Waals surface area contributed by atoms with E-state index in [-0.39, 0.29) is 0 Å². The van der Waals surface area contributed by atoms with Crippen molar-refractivity contribution in [3.05, 3.63) is 52.8 Å². The Morgan fingerprint density at radius 2 is 1.91 bits per heavy atom. The van der Waals surface area contributed by atoms with Gasteiger partial charge in [-0.2, -0.15) is 5.10 Å². The minimum Gasteiger partial charge on any atom is -0.354 e. The molecule has 1 saturated heterocycles. The number of hydrogen-bond acceptors (Lipinski definition) is 5. The second kappa shape index (κ2) is 8.49. The van der Waals surface area contributed by atoms with Crippen LogP contribution in [0.1, 0.15) is 36.5 Å². The van der Waals surface area contributed by atoms with E-state index < -0.39 is 0 Å². The van der Waals surface area contributed by atoms with Crippen molar-refractivity contribution in [2.75, 3.05) is 44.2 Å². The zero-order valence-corrected chi connectivity index (χ0v) is 19.8. The average molecular weight is 443 g/mol. The Bertz CT molecular complexity index is 1350. The van der Waals surface area contributed by atoms with E-state index in [1.165, 1.54) is 11.1 Å². The van der Waals surface area contributed by atoms with Gasteiger partial charge in [-0.25, -0.2) is 21.1 Å². The van der Waals surface area contributed by atoms with Crippen LogP contribution in [0.2, 0.25) is 0 Å². The summed E-state index contributed by atoms with van der Waals surface area (Å²) >= 11 is 0. The Morgan fingerprint density at radius 3 is 2.64 bits per heavy atom. The summed E-state index contributed by atoms with van der Waals surface area (Å²) in [4.78, 5) is 21.4. The second-order valence-electron chi connectivity index (χ2n) is 9.17. The monoisotopic (exact) mass is 442 g/mol. The summed E-state index contributed by atoms with van der Waals surface area (Å²) in [6.07, 6.45) is 3.68. The molecule has 5 heterocycles. The number of fused-ring (bicyclic) bond motifs is 2. The van der Waals surface area contributed by atoms with Gasteiger partial charge in [0.05, 0.1) is 23.3 Å². The molecule has 8 heteroatoms. The molecule has 1 aliphatic heterocycles. The summed E-state index contributed by atoms with van der Waals surface area (Å²) < 4.78 is 1.86. The predicted molar refractivity (Wildman–Crippen MR) is 132 cm³/mol. The fourth-order valence-electron chi connectivity index (χ4n) is 4.87. The van der Waals surface area contributed by atoms with Crippen LogP contribution in [0.3, 0.4) is 0 Å². The lowest BCUT2D eigenvalue weighted by atomic mass is 9.95. The summed E-state index contributed by atoms with van der Waals surface area (Å²) in [5.74, 6) is 1.34. The third-order valence-corrected chi connectivity index (χ3v) is 6.86. The summed E-state index contributed by atoms with van der Waals surface area (Å²) in [7, 11) is 0. The zero-order valence-electron chi connectivity index (χ0n) is 19.8. The van der Waals surface area contributed by atoms with Crippen LogP contribution in [0, 0.1) is 20.4 Å².